The predicted octanol–water partition coefficient (Wildman–Crippen LogP) is 3.64. The molecule has 21 heavy (non-hydrogen) atoms. The van der Waals surface area contributed by atoms with E-state index >= 15 is 0 Å². The van der Waals surface area contributed by atoms with Gasteiger partial charge >= 0.3 is 0 Å². The van der Waals surface area contributed by atoms with E-state index in [1.165, 1.54) is 0 Å². The van der Waals surface area contributed by atoms with Crippen LogP contribution in [0.3, 0.4) is 0 Å². The van der Waals surface area contributed by atoms with Gasteiger partial charge in [0, 0.05) is 35.7 Å². The third-order valence-electron chi connectivity index (χ3n) is 3.10. The zero-order valence-electron chi connectivity index (χ0n) is 11.6. The quantitative estimate of drug-likeness (QED) is 0.882. The highest BCUT2D eigenvalue weighted by atomic mass is 35.5. The van der Waals surface area contributed by atoms with Gasteiger partial charge in [0.2, 0.25) is 0 Å². The minimum atomic E-state index is -0.0811. The van der Waals surface area contributed by atoms with Gasteiger partial charge in [0.05, 0.1) is 0 Å². The Morgan fingerprint density at radius 1 is 1.05 bits per heavy atom. The van der Waals surface area contributed by atoms with Gasteiger partial charge in [-0.2, -0.15) is 0 Å². The number of benzene rings is 2. The van der Waals surface area contributed by atoms with Crippen molar-refractivity contribution in [2.24, 2.45) is 0 Å². The number of carbonyl (C=O) groups excluding carboxylic acids is 1. The number of amides is 1. The van der Waals surface area contributed by atoms with E-state index in [2.05, 4.69) is 10.6 Å². The summed E-state index contributed by atoms with van der Waals surface area (Å²) in [6.45, 7) is 1.36. The molecule has 5 heteroatoms. The van der Waals surface area contributed by atoms with Crippen molar-refractivity contribution in [1.82, 2.24) is 10.6 Å². The van der Waals surface area contributed by atoms with Gasteiger partial charge in [-0.05, 0) is 35.4 Å². The molecule has 0 spiro atoms. The highest BCUT2D eigenvalue weighted by molar-refractivity contribution is 6.35. The van der Waals surface area contributed by atoms with Crippen LogP contribution in [-0.4, -0.2) is 13.0 Å². The van der Waals surface area contributed by atoms with Gasteiger partial charge in [0.25, 0.3) is 5.91 Å². The average Bonchev–Trinajstić information content (AvgIpc) is 2.49. The van der Waals surface area contributed by atoms with Crippen molar-refractivity contribution >= 4 is 29.1 Å². The van der Waals surface area contributed by atoms with Gasteiger partial charge in [-0.1, -0.05) is 41.4 Å². The molecule has 1 amide bonds. The molecule has 110 valence electrons. The van der Waals surface area contributed by atoms with Crippen molar-refractivity contribution in [3.63, 3.8) is 0 Å². The molecule has 2 aromatic carbocycles. The molecule has 0 aliphatic carbocycles. The molecular formula is C16H16Cl2N2O. The maximum atomic E-state index is 11.4. The van der Waals surface area contributed by atoms with Crippen molar-refractivity contribution in [2.45, 2.75) is 13.1 Å². The molecule has 0 saturated carbocycles. The Bertz CT molecular complexity index is 627. The minimum Gasteiger partial charge on any atom is -0.355 e. The molecule has 3 nitrogen and oxygen atoms in total. The number of nitrogens with one attached hydrogen (secondary N) is 2. The lowest BCUT2D eigenvalue weighted by atomic mass is 10.1. The lowest BCUT2D eigenvalue weighted by molar-refractivity contribution is 0.0963. The van der Waals surface area contributed by atoms with E-state index < -0.39 is 0 Å². The van der Waals surface area contributed by atoms with Gasteiger partial charge in [-0.3, -0.25) is 4.79 Å². The zero-order valence-corrected chi connectivity index (χ0v) is 13.1. The van der Waals surface area contributed by atoms with Crippen molar-refractivity contribution < 1.29 is 4.79 Å². The maximum absolute atomic E-state index is 11.4. The van der Waals surface area contributed by atoms with Crippen LogP contribution in [0.25, 0.3) is 0 Å². The molecule has 0 heterocycles. The second-order valence-corrected chi connectivity index (χ2v) is 5.46. The molecule has 0 aliphatic rings. The summed E-state index contributed by atoms with van der Waals surface area (Å²) in [6.07, 6.45) is 0. The molecular weight excluding hydrogens is 307 g/mol. The number of carbonyl (C=O) groups is 1. The number of hydrogen-bond acceptors (Lipinski definition) is 2. The van der Waals surface area contributed by atoms with E-state index in [4.69, 9.17) is 23.2 Å². The third-order valence-corrected chi connectivity index (χ3v) is 3.69. The molecule has 0 saturated heterocycles. The molecule has 0 bridgehead atoms. The molecule has 0 atom stereocenters. The number of rotatable bonds is 5. The molecule has 0 aromatic heterocycles. The largest absolute Gasteiger partial charge is 0.355 e. The Balaban J connectivity index is 1.90. The summed E-state index contributed by atoms with van der Waals surface area (Å²) in [7, 11) is 1.62. The Morgan fingerprint density at radius 2 is 1.76 bits per heavy atom. The first-order valence-corrected chi connectivity index (χ1v) is 7.31. The van der Waals surface area contributed by atoms with Gasteiger partial charge < -0.3 is 10.6 Å². The van der Waals surface area contributed by atoms with E-state index in [0.29, 0.717) is 28.7 Å². The van der Waals surface area contributed by atoms with E-state index in [0.717, 1.165) is 11.1 Å². The van der Waals surface area contributed by atoms with Crippen LogP contribution in [0.15, 0.2) is 42.5 Å². The Labute approximate surface area is 134 Å². The van der Waals surface area contributed by atoms with Crippen LogP contribution in [0, 0.1) is 0 Å². The predicted molar refractivity (Wildman–Crippen MR) is 86.8 cm³/mol. The van der Waals surface area contributed by atoms with E-state index in [-0.39, 0.29) is 5.91 Å². The van der Waals surface area contributed by atoms with Crippen LogP contribution in [0.5, 0.6) is 0 Å². The fourth-order valence-corrected chi connectivity index (χ4v) is 2.40. The van der Waals surface area contributed by atoms with Crippen LogP contribution in [0.4, 0.5) is 0 Å². The fourth-order valence-electron chi connectivity index (χ4n) is 1.92. The van der Waals surface area contributed by atoms with E-state index in [1.54, 1.807) is 13.1 Å². The first-order valence-electron chi connectivity index (χ1n) is 6.56. The molecule has 2 N–H and O–H groups in total. The standard InChI is InChI=1S/C16H16Cl2N2O/c1-19-16(21)12-4-2-11(3-5-12)9-20-10-13-6-7-14(17)8-15(13)18/h2-8,20H,9-10H2,1H3,(H,19,21). The number of halogens is 2. The van der Waals surface area contributed by atoms with Crippen LogP contribution in [-0.2, 0) is 13.1 Å². The van der Waals surface area contributed by atoms with E-state index in [1.807, 2.05) is 36.4 Å². The smallest absolute Gasteiger partial charge is 0.251 e. The molecule has 0 aliphatic heterocycles. The second-order valence-electron chi connectivity index (χ2n) is 4.62. The summed E-state index contributed by atoms with van der Waals surface area (Å²) in [5, 5.41) is 7.20. The van der Waals surface area contributed by atoms with Crippen LogP contribution in [0.2, 0.25) is 10.0 Å². The summed E-state index contributed by atoms with van der Waals surface area (Å²) in [5.74, 6) is -0.0811. The van der Waals surface area contributed by atoms with Crippen LogP contribution in [0.1, 0.15) is 21.5 Å². The number of hydrogen-bond donors (Lipinski definition) is 2. The Hall–Kier alpha value is -1.55. The summed E-state index contributed by atoms with van der Waals surface area (Å²) < 4.78 is 0. The lowest BCUT2D eigenvalue weighted by Gasteiger charge is -2.08. The normalized spacial score (nSPS) is 10.4. The molecule has 0 unspecified atom stereocenters. The van der Waals surface area contributed by atoms with E-state index in [9.17, 15) is 4.79 Å². The zero-order chi connectivity index (χ0) is 15.2. The SMILES string of the molecule is CNC(=O)c1ccc(CNCc2ccc(Cl)cc2Cl)cc1. The second kappa shape index (κ2) is 7.46. The van der Waals surface area contributed by atoms with Gasteiger partial charge in [0.15, 0.2) is 0 Å². The lowest BCUT2D eigenvalue weighted by Crippen LogP contribution is -2.18. The van der Waals surface area contributed by atoms with Gasteiger partial charge in [-0.25, -0.2) is 0 Å². The minimum absolute atomic E-state index is 0.0811. The van der Waals surface area contributed by atoms with Crippen LogP contribution < -0.4 is 10.6 Å². The highest BCUT2D eigenvalue weighted by Crippen LogP contribution is 2.20. The molecule has 2 rings (SSSR count). The average molecular weight is 323 g/mol. The summed E-state index contributed by atoms with van der Waals surface area (Å²) in [5.41, 5.74) is 2.76. The molecule has 2 aromatic rings. The highest BCUT2D eigenvalue weighted by Gasteiger charge is 2.03. The summed E-state index contributed by atoms with van der Waals surface area (Å²) in [6, 6.07) is 12.9. The first kappa shape index (κ1) is 15.8. The Kier molecular flexibility index (Phi) is 5.62. The third kappa shape index (κ3) is 4.46. The summed E-state index contributed by atoms with van der Waals surface area (Å²) >= 11 is 12.0. The molecule has 0 fully saturated rings. The maximum Gasteiger partial charge on any atom is 0.251 e. The Morgan fingerprint density at radius 3 is 2.38 bits per heavy atom. The van der Waals surface area contributed by atoms with Gasteiger partial charge in [-0.15, -0.1) is 0 Å². The molecule has 0 radical (unpaired) electrons. The van der Waals surface area contributed by atoms with Crippen molar-refractivity contribution in [3.8, 4) is 0 Å². The van der Waals surface area contributed by atoms with Crippen molar-refractivity contribution in [3.05, 3.63) is 69.2 Å². The first-order chi connectivity index (χ1) is 10.1. The fraction of sp³-hybridized carbons (Fsp3) is 0.188. The van der Waals surface area contributed by atoms with Gasteiger partial charge in [0.1, 0.15) is 0 Å². The topological polar surface area (TPSA) is 41.1 Å². The van der Waals surface area contributed by atoms with Crippen LogP contribution >= 0.6 is 23.2 Å². The summed E-state index contributed by atoms with van der Waals surface area (Å²) in [4.78, 5) is 11.4. The van der Waals surface area contributed by atoms with Crippen molar-refractivity contribution in [2.75, 3.05) is 7.05 Å². The van der Waals surface area contributed by atoms with Crippen molar-refractivity contribution in [1.29, 1.82) is 0 Å². The monoisotopic (exact) mass is 322 g/mol.